The van der Waals surface area contributed by atoms with Crippen molar-refractivity contribution < 1.29 is 4.74 Å². The van der Waals surface area contributed by atoms with Crippen molar-refractivity contribution in [1.29, 1.82) is 0 Å². The van der Waals surface area contributed by atoms with Gasteiger partial charge >= 0.3 is 0 Å². The van der Waals surface area contributed by atoms with Gasteiger partial charge < -0.3 is 4.74 Å². The van der Waals surface area contributed by atoms with Crippen LogP contribution in [0.25, 0.3) is 6.08 Å². The highest BCUT2D eigenvalue weighted by Crippen LogP contribution is 2.15. The van der Waals surface area contributed by atoms with Gasteiger partial charge in [-0.05, 0) is 17.2 Å². The second-order valence-corrected chi connectivity index (χ2v) is 4.92. The van der Waals surface area contributed by atoms with Crippen LogP contribution in [0.3, 0.4) is 0 Å². The first kappa shape index (κ1) is 12.2. The molecular weight excluding hydrogens is 256 g/mol. The minimum atomic E-state index is 0.448. The molecule has 1 aromatic heterocycles. The van der Waals surface area contributed by atoms with Crippen LogP contribution in [0.5, 0.6) is 0 Å². The number of rotatable bonds is 5. The lowest BCUT2D eigenvalue weighted by atomic mass is 10.2. The smallest absolute Gasteiger partial charge is 0.207 e. The third-order valence-electron chi connectivity index (χ3n) is 1.99. The van der Waals surface area contributed by atoms with Crippen LogP contribution in [0.4, 0.5) is 0 Å². The van der Waals surface area contributed by atoms with Crippen LogP contribution in [0.15, 0.2) is 36.4 Å². The summed E-state index contributed by atoms with van der Waals surface area (Å²) in [4.78, 5) is 0. The highest BCUT2D eigenvalue weighted by Gasteiger charge is 2.00. The van der Waals surface area contributed by atoms with Gasteiger partial charge in [-0.3, -0.25) is 0 Å². The van der Waals surface area contributed by atoms with Gasteiger partial charge in [0.15, 0.2) is 0 Å². The first-order valence-electron chi connectivity index (χ1n) is 5.12. The van der Waals surface area contributed by atoms with Gasteiger partial charge in [-0.1, -0.05) is 53.8 Å². The zero-order valence-electron chi connectivity index (χ0n) is 9.04. The molecule has 0 N–H and O–H groups in total. The van der Waals surface area contributed by atoms with E-state index in [0.29, 0.717) is 17.7 Å². The van der Waals surface area contributed by atoms with Crippen molar-refractivity contribution >= 4 is 29.0 Å². The second kappa shape index (κ2) is 6.49. The molecule has 0 aliphatic rings. The Hall–Kier alpha value is -1.23. The average Bonchev–Trinajstić information content (AvgIpc) is 2.76. The van der Waals surface area contributed by atoms with Crippen LogP contribution in [0.1, 0.15) is 10.6 Å². The summed E-state index contributed by atoms with van der Waals surface area (Å²) in [6.07, 6.45) is 3.99. The van der Waals surface area contributed by atoms with E-state index in [2.05, 4.69) is 10.2 Å². The van der Waals surface area contributed by atoms with Gasteiger partial charge in [-0.25, -0.2) is 0 Å². The Morgan fingerprint density at radius 2 is 2.06 bits per heavy atom. The number of nitrogens with zero attached hydrogens (tertiary/aromatic N) is 2. The van der Waals surface area contributed by atoms with Crippen molar-refractivity contribution in [3.05, 3.63) is 51.4 Å². The molecule has 0 radical (unpaired) electrons. The number of aromatic nitrogens is 2. The molecule has 17 heavy (non-hydrogen) atoms. The van der Waals surface area contributed by atoms with Gasteiger partial charge in [-0.2, -0.15) is 0 Å². The first-order chi connectivity index (χ1) is 8.34. The minimum absolute atomic E-state index is 0.448. The molecule has 5 heteroatoms. The van der Waals surface area contributed by atoms with E-state index in [9.17, 15) is 0 Å². The Labute approximate surface area is 109 Å². The molecule has 0 amide bonds. The lowest BCUT2D eigenvalue weighted by Crippen LogP contribution is -1.91. The highest BCUT2D eigenvalue weighted by molar-refractivity contribution is 7.15. The third kappa shape index (κ3) is 4.26. The van der Waals surface area contributed by atoms with E-state index in [1.54, 1.807) is 0 Å². The number of ether oxygens (including phenoxy) is 1. The van der Waals surface area contributed by atoms with Gasteiger partial charge in [0, 0.05) is 0 Å². The quantitative estimate of drug-likeness (QED) is 0.778. The van der Waals surface area contributed by atoms with Crippen molar-refractivity contribution in [2.24, 2.45) is 0 Å². The lowest BCUT2D eigenvalue weighted by molar-refractivity contribution is 0.148. The average molecular weight is 267 g/mol. The minimum Gasteiger partial charge on any atom is -0.370 e. The van der Waals surface area contributed by atoms with Crippen molar-refractivity contribution in [1.82, 2.24) is 10.2 Å². The Kier molecular flexibility index (Phi) is 4.67. The van der Waals surface area contributed by atoms with E-state index in [0.717, 1.165) is 10.6 Å². The fourth-order valence-corrected chi connectivity index (χ4v) is 2.06. The van der Waals surface area contributed by atoms with Crippen LogP contribution in [-0.2, 0) is 11.3 Å². The normalized spacial score (nSPS) is 11.1. The fraction of sp³-hybridized carbons (Fsp3) is 0.167. The van der Waals surface area contributed by atoms with Gasteiger partial charge in [0.25, 0.3) is 0 Å². The van der Waals surface area contributed by atoms with Crippen molar-refractivity contribution in [2.75, 3.05) is 6.61 Å². The predicted octanol–water partition coefficient (Wildman–Crippen LogP) is 3.42. The maximum atomic E-state index is 5.66. The van der Waals surface area contributed by atoms with Crippen LogP contribution in [-0.4, -0.2) is 16.8 Å². The summed E-state index contributed by atoms with van der Waals surface area (Å²) in [6.45, 7) is 0.996. The molecule has 0 bridgehead atoms. The van der Waals surface area contributed by atoms with Gasteiger partial charge in [-0.15, -0.1) is 10.2 Å². The van der Waals surface area contributed by atoms with Crippen molar-refractivity contribution in [3.63, 3.8) is 0 Å². The molecule has 0 aliphatic heterocycles. The van der Waals surface area contributed by atoms with Crippen LogP contribution < -0.4 is 0 Å². The molecule has 0 fully saturated rings. The first-order valence-corrected chi connectivity index (χ1v) is 6.31. The molecule has 0 aliphatic carbocycles. The summed E-state index contributed by atoms with van der Waals surface area (Å²) < 4.78 is 5.86. The van der Waals surface area contributed by atoms with Crippen LogP contribution >= 0.6 is 22.9 Å². The molecule has 0 unspecified atom stereocenters. The summed E-state index contributed by atoms with van der Waals surface area (Å²) in [5.74, 6) is 0. The van der Waals surface area contributed by atoms with Crippen LogP contribution in [0, 0.1) is 0 Å². The predicted molar refractivity (Wildman–Crippen MR) is 70.1 cm³/mol. The zero-order valence-corrected chi connectivity index (χ0v) is 10.6. The van der Waals surface area contributed by atoms with E-state index in [-0.39, 0.29) is 0 Å². The van der Waals surface area contributed by atoms with E-state index >= 15 is 0 Å². The molecule has 2 aromatic rings. The third-order valence-corrected chi connectivity index (χ3v) is 2.98. The molecular formula is C12H11ClN2OS. The van der Waals surface area contributed by atoms with Gasteiger partial charge in [0.2, 0.25) is 4.47 Å². The lowest BCUT2D eigenvalue weighted by Gasteiger charge is -1.96. The van der Waals surface area contributed by atoms with E-state index in [1.807, 2.05) is 42.5 Å². The highest BCUT2D eigenvalue weighted by atomic mass is 35.5. The Morgan fingerprint density at radius 3 is 2.76 bits per heavy atom. The summed E-state index contributed by atoms with van der Waals surface area (Å²) in [7, 11) is 0. The summed E-state index contributed by atoms with van der Waals surface area (Å²) >= 11 is 6.99. The maximum absolute atomic E-state index is 5.66. The largest absolute Gasteiger partial charge is 0.370 e. The maximum Gasteiger partial charge on any atom is 0.207 e. The van der Waals surface area contributed by atoms with E-state index in [1.165, 1.54) is 11.3 Å². The fourth-order valence-electron chi connectivity index (χ4n) is 1.25. The molecule has 0 spiro atoms. The molecule has 2 rings (SSSR count). The van der Waals surface area contributed by atoms with Crippen molar-refractivity contribution in [3.8, 4) is 0 Å². The zero-order chi connectivity index (χ0) is 11.9. The SMILES string of the molecule is Clc1nnc(COC/C=C/c2ccccc2)s1. The topological polar surface area (TPSA) is 35.0 Å². The standard InChI is InChI=1S/C12H11ClN2OS/c13-12-15-14-11(17-12)9-16-8-4-7-10-5-2-1-3-6-10/h1-7H,8-9H2/b7-4+. The molecule has 0 saturated heterocycles. The monoisotopic (exact) mass is 266 g/mol. The molecule has 88 valence electrons. The number of halogens is 1. The molecule has 1 heterocycles. The number of benzene rings is 1. The Morgan fingerprint density at radius 1 is 1.24 bits per heavy atom. The second-order valence-electron chi connectivity index (χ2n) is 3.28. The van der Waals surface area contributed by atoms with Gasteiger partial charge in [0.1, 0.15) is 11.6 Å². The molecule has 1 aromatic carbocycles. The van der Waals surface area contributed by atoms with Crippen molar-refractivity contribution in [2.45, 2.75) is 6.61 Å². The summed E-state index contributed by atoms with van der Waals surface area (Å²) in [5.41, 5.74) is 1.16. The number of hydrogen-bond acceptors (Lipinski definition) is 4. The summed E-state index contributed by atoms with van der Waals surface area (Å²) in [5, 5.41) is 8.35. The Bertz CT molecular complexity index is 484. The van der Waals surface area contributed by atoms with Crippen LogP contribution in [0.2, 0.25) is 4.47 Å². The van der Waals surface area contributed by atoms with Gasteiger partial charge in [0.05, 0.1) is 6.61 Å². The molecule has 0 atom stereocenters. The molecule has 0 saturated carbocycles. The number of hydrogen-bond donors (Lipinski definition) is 0. The molecule has 3 nitrogen and oxygen atoms in total. The Balaban J connectivity index is 1.71. The van der Waals surface area contributed by atoms with E-state index < -0.39 is 0 Å². The van der Waals surface area contributed by atoms with E-state index in [4.69, 9.17) is 16.3 Å². The summed E-state index contributed by atoms with van der Waals surface area (Å²) in [6, 6.07) is 10.1.